The highest BCUT2D eigenvalue weighted by Crippen LogP contribution is 2.42. The second kappa shape index (κ2) is 8.49. The molecule has 0 spiro atoms. The van der Waals surface area contributed by atoms with Crippen LogP contribution in [0.3, 0.4) is 0 Å². The molecule has 2 aliphatic rings. The molecule has 0 radical (unpaired) electrons. The van der Waals surface area contributed by atoms with E-state index in [0.717, 1.165) is 45.0 Å². The van der Waals surface area contributed by atoms with Crippen LogP contribution < -0.4 is 0 Å². The van der Waals surface area contributed by atoms with E-state index in [4.69, 9.17) is 28.9 Å². The fourth-order valence-corrected chi connectivity index (χ4v) is 4.90. The van der Waals surface area contributed by atoms with Crippen LogP contribution in [0.15, 0.2) is 12.1 Å². The summed E-state index contributed by atoms with van der Waals surface area (Å²) in [5.41, 5.74) is 7.95. The van der Waals surface area contributed by atoms with Gasteiger partial charge in [-0.1, -0.05) is 41.5 Å². The van der Waals surface area contributed by atoms with Gasteiger partial charge in [0.2, 0.25) is 0 Å². The summed E-state index contributed by atoms with van der Waals surface area (Å²) in [4.78, 5) is 10.3. The van der Waals surface area contributed by atoms with Gasteiger partial charge in [0.15, 0.2) is 0 Å². The number of nitrogens with zero attached hydrogens (tertiary/aromatic N) is 2. The summed E-state index contributed by atoms with van der Waals surface area (Å²) in [7, 11) is 3.50. The summed E-state index contributed by atoms with van der Waals surface area (Å²) < 4.78 is 23.5. The maximum absolute atomic E-state index is 5.90. The second-order valence-corrected chi connectivity index (χ2v) is 11.0. The third kappa shape index (κ3) is 4.21. The summed E-state index contributed by atoms with van der Waals surface area (Å²) in [5.74, 6) is 0. The molecule has 32 heavy (non-hydrogen) atoms. The molecule has 0 aliphatic carbocycles. The molecule has 4 rings (SSSR count). The van der Waals surface area contributed by atoms with Gasteiger partial charge in [-0.25, -0.2) is 9.97 Å². The van der Waals surface area contributed by atoms with Gasteiger partial charge >= 0.3 is 0 Å². The van der Waals surface area contributed by atoms with Gasteiger partial charge in [-0.2, -0.15) is 0 Å². The molecule has 174 valence electrons. The number of fused-ring (bicyclic) bond motifs is 2. The van der Waals surface area contributed by atoms with Gasteiger partial charge in [0, 0.05) is 25.3 Å². The Morgan fingerprint density at radius 2 is 1.06 bits per heavy atom. The van der Waals surface area contributed by atoms with Crippen molar-refractivity contribution < 1.29 is 18.9 Å². The highest BCUT2D eigenvalue weighted by atomic mass is 16.5. The molecule has 0 bridgehead atoms. The van der Waals surface area contributed by atoms with E-state index in [2.05, 4.69) is 53.7 Å². The van der Waals surface area contributed by atoms with Crippen molar-refractivity contribution in [3.63, 3.8) is 0 Å². The smallest absolute Gasteiger partial charge is 0.104 e. The van der Waals surface area contributed by atoms with Crippen molar-refractivity contribution in [2.45, 2.75) is 80.2 Å². The lowest BCUT2D eigenvalue weighted by Gasteiger charge is -2.30. The Morgan fingerprint density at radius 1 is 0.688 bits per heavy atom. The summed E-state index contributed by atoms with van der Waals surface area (Å²) in [5, 5.41) is 0. The normalized spacial score (nSPS) is 17.9. The van der Waals surface area contributed by atoms with Crippen LogP contribution in [0.4, 0.5) is 0 Å². The topological polar surface area (TPSA) is 62.7 Å². The van der Waals surface area contributed by atoms with Gasteiger partial charge in [0.25, 0.3) is 0 Å². The molecule has 2 atom stereocenters. The molecule has 2 aliphatic heterocycles. The number of rotatable bonds is 5. The minimum atomic E-state index is -0.138. The average Bonchev–Trinajstić information content (AvgIpc) is 3.34. The Kier molecular flexibility index (Phi) is 6.18. The molecule has 0 unspecified atom stereocenters. The fourth-order valence-electron chi connectivity index (χ4n) is 4.90. The molecule has 6 nitrogen and oxygen atoms in total. The Hall–Kier alpha value is -1.86. The van der Waals surface area contributed by atoms with Crippen LogP contribution in [0.1, 0.15) is 87.4 Å². The lowest BCUT2D eigenvalue weighted by Crippen LogP contribution is -2.23. The molecule has 4 heterocycles. The zero-order valence-corrected chi connectivity index (χ0v) is 20.7. The lowest BCUT2D eigenvalue weighted by molar-refractivity contribution is 0.0118. The Balaban J connectivity index is 1.94. The van der Waals surface area contributed by atoms with Crippen LogP contribution in [0.25, 0.3) is 11.4 Å². The Labute approximate surface area is 191 Å². The number of ether oxygens (including phenoxy) is 4. The average molecular weight is 441 g/mol. The van der Waals surface area contributed by atoms with Crippen LogP contribution in [-0.4, -0.2) is 24.2 Å². The highest BCUT2D eigenvalue weighted by molar-refractivity contribution is 5.67. The van der Waals surface area contributed by atoms with Gasteiger partial charge < -0.3 is 18.9 Å². The molecule has 0 saturated carbocycles. The van der Waals surface area contributed by atoms with E-state index >= 15 is 0 Å². The molecular weight excluding hydrogens is 404 g/mol. The fraction of sp³-hybridized carbons (Fsp3) is 0.615. The molecule has 0 saturated heterocycles. The monoisotopic (exact) mass is 440 g/mol. The van der Waals surface area contributed by atoms with Gasteiger partial charge in [0.05, 0.1) is 49.2 Å². The standard InChI is InChI=1S/C26H36N2O4/c1-25(2,3)23(29-7)19-9-15-11-31-13-17(15)21(27-19)22-18-14-32-12-16(18)10-20(28-22)24(30-8)26(4,5)6/h9-10,23-24H,11-14H2,1-8H3/t23-,24-/m1/s1. The number of methoxy groups -OCH3 is 2. The van der Waals surface area contributed by atoms with Crippen molar-refractivity contribution >= 4 is 0 Å². The van der Waals surface area contributed by atoms with Crippen LogP contribution in [0.5, 0.6) is 0 Å². The molecular formula is C26H36N2O4. The van der Waals surface area contributed by atoms with Crippen molar-refractivity contribution in [2.75, 3.05) is 14.2 Å². The van der Waals surface area contributed by atoms with Crippen LogP contribution in [0, 0.1) is 10.8 Å². The van der Waals surface area contributed by atoms with Crippen molar-refractivity contribution in [3.8, 4) is 11.4 Å². The summed E-state index contributed by atoms with van der Waals surface area (Å²) >= 11 is 0. The number of aromatic nitrogens is 2. The molecule has 2 aromatic heterocycles. The van der Waals surface area contributed by atoms with Gasteiger partial charge in [-0.15, -0.1) is 0 Å². The van der Waals surface area contributed by atoms with Crippen LogP contribution in [-0.2, 0) is 45.4 Å². The largest absolute Gasteiger partial charge is 0.375 e. The predicted octanol–water partition coefficient (Wildman–Crippen LogP) is 5.67. The molecule has 0 amide bonds. The highest BCUT2D eigenvalue weighted by Gasteiger charge is 2.34. The quantitative estimate of drug-likeness (QED) is 0.597. The number of hydrogen-bond donors (Lipinski definition) is 0. The zero-order chi connectivity index (χ0) is 23.3. The minimum Gasteiger partial charge on any atom is -0.375 e. The third-order valence-electron chi connectivity index (χ3n) is 6.29. The second-order valence-electron chi connectivity index (χ2n) is 11.0. The first-order chi connectivity index (χ1) is 15.0. The van der Waals surface area contributed by atoms with Crippen molar-refractivity contribution in [2.24, 2.45) is 10.8 Å². The minimum absolute atomic E-state index is 0.0968. The van der Waals surface area contributed by atoms with E-state index in [-0.39, 0.29) is 23.0 Å². The molecule has 0 N–H and O–H groups in total. The first kappa shape index (κ1) is 23.3. The predicted molar refractivity (Wildman–Crippen MR) is 123 cm³/mol. The van der Waals surface area contributed by atoms with Gasteiger partial charge in [-0.3, -0.25) is 0 Å². The number of hydrogen-bond acceptors (Lipinski definition) is 6. The van der Waals surface area contributed by atoms with E-state index in [0.29, 0.717) is 26.4 Å². The number of pyridine rings is 2. The maximum atomic E-state index is 5.90. The van der Waals surface area contributed by atoms with E-state index < -0.39 is 0 Å². The SMILES string of the molecule is CO[C@H](c1cc2c(c(-c3nc([C@@H](OC)C(C)(C)C)cc4c3COC4)n1)COC2)C(C)(C)C. The third-order valence-corrected chi connectivity index (χ3v) is 6.29. The van der Waals surface area contributed by atoms with Crippen molar-refractivity contribution in [1.29, 1.82) is 0 Å². The molecule has 6 heteroatoms. The Bertz CT molecular complexity index is 923. The first-order valence-corrected chi connectivity index (χ1v) is 11.3. The molecule has 2 aromatic rings. The van der Waals surface area contributed by atoms with Gasteiger partial charge in [0.1, 0.15) is 12.2 Å². The van der Waals surface area contributed by atoms with E-state index in [1.165, 1.54) is 0 Å². The van der Waals surface area contributed by atoms with Gasteiger partial charge in [-0.05, 0) is 34.1 Å². The van der Waals surface area contributed by atoms with E-state index in [1.54, 1.807) is 14.2 Å². The first-order valence-electron chi connectivity index (χ1n) is 11.3. The zero-order valence-electron chi connectivity index (χ0n) is 20.7. The maximum Gasteiger partial charge on any atom is 0.104 e. The van der Waals surface area contributed by atoms with Crippen molar-refractivity contribution in [3.05, 3.63) is 45.8 Å². The van der Waals surface area contributed by atoms with Crippen molar-refractivity contribution in [1.82, 2.24) is 9.97 Å². The summed E-state index contributed by atoms with van der Waals surface area (Å²) in [6.07, 6.45) is -0.276. The van der Waals surface area contributed by atoms with Crippen LogP contribution >= 0.6 is 0 Å². The summed E-state index contributed by atoms with van der Waals surface area (Å²) in [6, 6.07) is 4.28. The molecule has 0 fully saturated rings. The van der Waals surface area contributed by atoms with Crippen LogP contribution in [0.2, 0.25) is 0 Å². The lowest BCUT2D eigenvalue weighted by atomic mass is 9.85. The summed E-state index contributed by atoms with van der Waals surface area (Å²) in [6.45, 7) is 15.3. The Morgan fingerprint density at radius 3 is 1.38 bits per heavy atom. The van der Waals surface area contributed by atoms with E-state index in [9.17, 15) is 0 Å². The van der Waals surface area contributed by atoms with E-state index in [1.807, 2.05) is 0 Å². The molecule has 0 aromatic carbocycles.